The number of hydrogen-bond donors (Lipinski definition) is 0. The van der Waals surface area contributed by atoms with E-state index in [1.807, 2.05) is 0 Å². The Bertz CT molecular complexity index is 671. The second-order valence-corrected chi connectivity index (χ2v) is 10.6. The minimum atomic E-state index is -4.28. The van der Waals surface area contributed by atoms with Gasteiger partial charge in [-0.25, -0.2) is 0 Å². The molecule has 1 rings (SSSR count). The molecule has 1 aromatic rings. The summed E-state index contributed by atoms with van der Waals surface area (Å²) in [6.07, 6.45) is 12.5. The lowest BCUT2D eigenvalue weighted by molar-refractivity contribution is -0.406. The number of aryl methyl sites for hydroxylation is 1. The first-order valence-electron chi connectivity index (χ1n) is 15.4. The summed E-state index contributed by atoms with van der Waals surface area (Å²) in [6, 6.07) is 5.72. The standard InChI is InChI=1S/C32H55F3O3/c1-5-9-10-11-12-16-21-29(32(36-24-6-2,37-25-7-3)38-26-8-4)22-17-14-13-15-19-28-20-18-23-30(27-28)31(33,34)35/h18,20,23,27,29H,5-17,19,21-22,24-26H2,1-4H3. The Morgan fingerprint density at radius 1 is 0.632 bits per heavy atom. The van der Waals surface area contributed by atoms with Gasteiger partial charge < -0.3 is 14.2 Å². The number of benzene rings is 1. The first-order valence-corrected chi connectivity index (χ1v) is 15.4. The maximum absolute atomic E-state index is 13.0. The summed E-state index contributed by atoms with van der Waals surface area (Å²) in [7, 11) is 0. The lowest BCUT2D eigenvalue weighted by Gasteiger charge is -2.40. The fourth-order valence-electron chi connectivity index (χ4n) is 4.86. The van der Waals surface area contributed by atoms with Gasteiger partial charge >= 0.3 is 6.18 Å². The Morgan fingerprint density at radius 3 is 1.63 bits per heavy atom. The average Bonchev–Trinajstić information content (AvgIpc) is 2.91. The Kier molecular flexibility index (Phi) is 19.1. The molecule has 0 aliphatic carbocycles. The molecular formula is C32H55F3O3. The van der Waals surface area contributed by atoms with Gasteiger partial charge in [-0.05, 0) is 56.6 Å². The quantitative estimate of drug-likeness (QED) is 0.0957. The maximum Gasteiger partial charge on any atom is 0.416 e. The average molecular weight is 545 g/mol. The Hall–Kier alpha value is -1.11. The zero-order valence-electron chi connectivity index (χ0n) is 24.7. The molecule has 222 valence electrons. The molecule has 1 atom stereocenters. The number of alkyl halides is 3. The molecule has 0 aromatic heterocycles. The molecule has 0 spiro atoms. The molecule has 6 heteroatoms. The SMILES string of the molecule is CCCCCCCCC(CCCCCCc1cccc(C(F)(F)F)c1)C(OCCC)(OCCC)OCCC. The van der Waals surface area contributed by atoms with Crippen LogP contribution in [-0.4, -0.2) is 25.8 Å². The molecule has 0 bridgehead atoms. The number of unbranched alkanes of at least 4 members (excludes halogenated alkanes) is 8. The molecule has 1 aromatic carbocycles. The van der Waals surface area contributed by atoms with Crippen LogP contribution in [0.5, 0.6) is 0 Å². The van der Waals surface area contributed by atoms with E-state index in [0.29, 0.717) is 26.2 Å². The summed E-state index contributed by atoms with van der Waals surface area (Å²) < 4.78 is 58.1. The summed E-state index contributed by atoms with van der Waals surface area (Å²) >= 11 is 0. The van der Waals surface area contributed by atoms with Gasteiger partial charge in [0, 0.05) is 5.92 Å². The van der Waals surface area contributed by atoms with E-state index in [1.54, 1.807) is 6.07 Å². The monoisotopic (exact) mass is 544 g/mol. The second-order valence-electron chi connectivity index (χ2n) is 10.6. The fourth-order valence-corrected chi connectivity index (χ4v) is 4.86. The van der Waals surface area contributed by atoms with Crippen molar-refractivity contribution in [3.63, 3.8) is 0 Å². The third-order valence-electron chi connectivity index (χ3n) is 6.95. The molecular weight excluding hydrogens is 489 g/mol. The summed E-state index contributed by atoms with van der Waals surface area (Å²) in [5, 5.41) is 0. The van der Waals surface area contributed by atoms with Gasteiger partial charge in [-0.15, -0.1) is 0 Å². The van der Waals surface area contributed by atoms with E-state index in [2.05, 4.69) is 27.7 Å². The molecule has 3 nitrogen and oxygen atoms in total. The Balaban J connectivity index is 2.74. The van der Waals surface area contributed by atoms with Gasteiger partial charge in [-0.1, -0.05) is 104 Å². The van der Waals surface area contributed by atoms with E-state index in [4.69, 9.17) is 14.2 Å². The van der Waals surface area contributed by atoms with Gasteiger partial charge in [-0.3, -0.25) is 0 Å². The van der Waals surface area contributed by atoms with E-state index in [9.17, 15) is 13.2 Å². The smallest absolute Gasteiger partial charge is 0.327 e. The number of rotatable bonds is 24. The van der Waals surface area contributed by atoms with Crippen LogP contribution in [0.2, 0.25) is 0 Å². The largest absolute Gasteiger partial charge is 0.416 e. The zero-order chi connectivity index (χ0) is 28.1. The Morgan fingerprint density at radius 2 is 1.13 bits per heavy atom. The van der Waals surface area contributed by atoms with Gasteiger partial charge in [0.15, 0.2) is 0 Å². The topological polar surface area (TPSA) is 27.7 Å². The molecule has 0 heterocycles. The van der Waals surface area contributed by atoms with Gasteiger partial charge in [0.05, 0.1) is 25.4 Å². The van der Waals surface area contributed by atoms with Crippen molar-refractivity contribution in [3.05, 3.63) is 35.4 Å². The first-order chi connectivity index (χ1) is 18.3. The molecule has 0 aliphatic rings. The molecule has 38 heavy (non-hydrogen) atoms. The third kappa shape index (κ3) is 14.3. The van der Waals surface area contributed by atoms with Gasteiger partial charge in [0.1, 0.15) is 0 Å². The van der Waals surface area contributed by atoms with Crippen LogP contribution in [-0.2, 0) is 26.8 Å². The molecule has 0 fully saturated rings. The maximum atomic E-state index is 13.0. The highest BCUT2D eigenvalue weighted by Gasteiger charge is 2.42. The number of ether oxygens (including phenoxy) is 3. The molecule has 1 unspecified atom stereocenters. The van der Waals surface area contributed by atoms with Crippen LogP contribution in [0.15, 0.2) is 24.3 Å². The van der Waals surface area contributed by atoms with Crippen molar-refractivity contribution in [1.29, 1.82) is 0 Å². The van der Waals surface area contributed by atoms with E-state index >= 15 is 0 Å². The summed E-state index contributed by atoms with van der Waals surface area (Å²) in [5.74, 6) is -0.814. The lowest BCUT2D eigenvalue weighted by Crippen LogP contribution is -2.47. The molecule has 0 radical (unpaired) electrons. The van der Waals surface area contributed by atoms with Crippen LogP contribution >= 0.6 is 0 Å². The third-order valence-corrected chi connectivity index (χ3v) is 6.95. The van der Waals surface area contributed by atoms with Crippen molar-refractivity contribution in [3.8, 4) is 0 Å². The van der Waals surface area contributed by atoms with Crippen LogP contribution in [0.1, 0.15) is 135 Å². The van der Waals surface area contributed by atoms with E-state index in [-0.39, 0.29) is 5.92 Å². The lowest BCUT2D eigenvalue weighted by atomic mass is 9.91. The molecule has 0 aliphatic heterocycles. The van der Waals surface area contributed by atoms with Crippen LogP contribution < -0.4 is 0 Å². The normalized spacial score (nSPS) is 13.2. The minimum absolute atomic E-state index is 0.168. The van der Waals surface area contributed by atoms with Crippen molar-refractivity contribution in [2.75, 3.05) is 19.8 Å². The fraction of sp³-hybridized carbons (Fsp3) is 0.812. The van der Waals surface area contributed by atoms with Crippen molar-refractivity contribution in [1.82, 2.24) is 0 Å². The van der Waals surface area contributed by atoms with E-state index in [0.717, 1.165) is 75.8 Å². The van der Waals surface area contributed by atoms with Crippen molar-refractivity contribution < 1.29 is 27.4 Å². The summed E-state index contributed by atoms with van der Waals surface area (Å²) in [6.45, 7) is 10.4. The zero-order valence-corrected chi connectivity index (χ0v) is 24.7. The highest BCUT2D eigenvalue weighted by molar-refractivity contribution is 5.25. The van der Waals surface area contributed by atoms with E-state index < -0.39 is 17.7 Å². The van der Waals surface area contributed by atoms with Gasteiger partial charge in [-0.2, -0.15) is 13.2 Å². The number of halogens is 3. The van der Waals surface area contributed by atoms with E-state index in [1.165, 1.54) is 44.2 Å². The second kappa shape index (κ2) is 20.7. The van der Waals surface area contributed by atoms with Crippen LogP contribution in [0.4, 0.5) is 13.2 Å². The molecule has 0 saturated carbocycles. The van der Waals surface area contributed by atoms with Crippen molar-refractivity contribution in [2.45, 2.75) is 143 Å². The first kappa shape index (κ1) is 34.9. The van der Waals surface area contributed by atoms with Gasteiger partial charge in [0.2, 0.25) is 0 Å². The van der Waals surface area contributed by atoms with Crippen LogP contribution in [0.3, 0.4) is 0 Å². The van der Waals surface area contributed by atoms with Crippen LogP contribution in [0.25, 0.3) is 0 Å². The predicted molar refractivity (Wildman–Crippen MR) is 151 cm³/mol. The number of hydrogen-bond acceptors (Lipinski definition) is 3. The minimum Gasteiger partial charge on any atom is -0.327 e. The summed E-state index contributed by atoms with van der Waals surface area (Å²) in [4.78, 5) is 0. The molecule has 0 saturated heterocycles. The molecule has 0 amide bonds. The highest BCUT2D eigenvalue weighted by Crippen LogP contribution is 2.35. The summed E-state index contributed by atoms with van der Waals surface area (Å²) in [5.41, 5.74) is 0.198. The Labute approximate surface area is 231 Å². The predicted octanol–water partition coefficient (Wildman–Crippen LogP) is 10.5. The van der Waals surface area contributed by atoms with Crippen LogP contribution in [0, 0.1) is 5.92 Å². The van der Waals surface area contributed by atoms with Gasteiger partial charge in [0.25, 0.3) is 5.97 Å². The van der Waals surface area contributed by atoms with Crippen molar-refractivity contribution in [2.24, 2.45) is 5.92 Å². The van der Waals surface area contributed by atoms with Crippen molar-refractivity contribution >= 4 is 0 Å². The molecule has 0 N–H and O–H groups in total. The highest BCUT2D eigenvalue weighted by atomic mass is 19.4.